The van der Waals surface area contributed by atoms with Crippen molar-refractivity contribution in [3.63, 3.8) is 0 Å². The summed E-state index contributed by atoms with van der Waals surface area (Å²) in [5.74, 6) is -0.239. The highest BCUT2D eigenvalue weighted by molar-refractivity contribution is 5.66. The largest absolute Gasteiger partial charge is 0.501 e. The molecule has 0 aromatic heterocycles. The second-order valence-corrected chi connectivity index (χ2v) is 2.14. The van der Waals surface area contributed by atoms with E-state index in [-0.39, 0.29) is 12.1 Å². The number of esters is 1. The summed E-state index contributed by atoms with van der Waals surface area (Å²) < 4.78 is 9.79. The molecular formula is C7H10O3. The minimum absolute atomic E-state index is 0.0775. The van der Waals surface area contributed by atoms with E-state index in [2.05, 4.69) is 0 Å². The van der Waals surface area contributed by atoms with Gasteiger partial charge in [-0.3, -0.25) is 4.79 Å². The lowest BCUT2D eigenvalue weighted by Crippen LogP contribution is -2.18. The van der Waals surface area contributed by atoms with Gasteiger partial charge in [-0.1, -0.05) is 0 Å². The van der Waals surface area contributed by atoms with Crippen molar-refractivity contribution in [2.45, 2.75) is 19.4 Å². The third-order valence-corrected chi connectivity index (χ3v) is 1.23. The van der Waals surface area contributed by atoms with Gasteiger partial charge in [0.15, 0.2) is 0 Å². The van der Waals surface area contributed by atoms with Crippen LogP contribution < -0.4 is 0 Å². The van der Waals surface area contributed by atoms with Crippen molar-refractivity contribution in [2.75, 3.05) is 6.61 Å². The minimum Gasteiger partial charge on any atom is -0.501 e. The van der Waals surface area contributed by atoms with E-state index in [1.54, 1.807) is 12.3 Å². The predicted molar refractivity (Wildman–Crippen MR) is 35.3 cm³/mol. The zero-order chi connectivity index (χ0) is 7.40. The molecule has 1 aliphatic rings. The van der Waals surface area contributed by atoms with Crippen LogP contribution in [0.2, 0.25) is 0 Å². The summed E-state index contributed by atoms with van der Waals surface area (Å²) in [5, 5.41) is 0. The zero-order valence-electron chi connectivity index (χ0n) is 5.87. The molecule has 0 radical (unpaired) electrons. The Kier molecular flexibility index (Phi) is 2.31. The summed E-state index contributed by atoms with van der Waals surface area (Å²) in [6.45, 7) is 2.04. The van der Waals surface area contributed by atoms with E-state index in [0.29, 0.717) is 6.61 Å². The molecular weight excluding hydrogens is 132 g/mol. The molecule has 1 rings (SSSR count). The first-order valence-electron chi connectivity index (χ1n) is 3.24. The molecule has 3 heteroatoms. The molecule has 0 N–H and O–H groups in total. The molecule has 0 spiro atoms. The Morgan fingerprint density at radius 3 is 3.10 bits per heavy atom. The van der Waals surface area contributed by atoms with E-state index < -0.39 is 0 Å². The summed E-state index contributed by atoms with van der Waals surface area (Å²) in [6, 6.07) is 0. The van der Waals surface area contributed by atoms with Gasteiger partial charge in [0.2, 0.25) is 0 Å². The van der Waals surface area contributed by atoms with E-state index in [1.807, 2.05) is 0 Å². The number of rotatable bonds is 1. The van der Waals surface area contributed by atoms with Gasteiger partial charge >= 0.3 is 5.97 Å². The van der Waals surface area contributed by atoms with Crippen LogP contribution in [0.5, 0.6) is 0 Å². The molecule has 1 atom stereocenters. The summed E-state index contributed by atoms with van der Waals surface area (Å²) in [7, 11) is 0. The molecule has 0 bridgehead atoms. The number of carbonyl (C=O) groups excluding carboxylic acids is 1. The van der Waals surface area contributed by atoms with Gasteiger partial charge in [-0.2, -0.15) is 0 Å². The lowest BCUT2D eigenvalue weighted by atomic mass is 10.2. The first-order valence-corrected chi connectivity index (χ1v) is 3.24. The molecule has 56 valence electrons. The summed E-state index contributed by atoms with van der Waals surface area (Å²) in [4.78, 5) is 10.4. The average molecular weight is 142 g/mol. The quantitative estimate of drug-likeness (QED) is 0.509. The molecule has 0 aliphatic carbocycles. The summed E-state index contributed by atoms with van der Waals surface area (Å²) >= 11 is 0. The van der Waals surface area contributed by atoms with Crippen LogP contribution in [-0.4, -0.2) is 18.7 Å². The molecule has 0 aromatic carbocycles. The van der Waals surface area contributed by atoms with Crippen LogP contribution in [-0.2, 0) is 14.3 Å². The lowest BCUT2D eigenvalue weighted by Gasteiger charge is -2.16. The van der Waals surface area contributed by atoms with Gasteiger partial charge in [0.25, 0.3) is 0 Å². The highest BCUT2D eigenvalue weighted by Crippen LogP contribution is 2.06. The van der Waals surface area contributed by atoms with Crippen LogP contribution in [0.3, 0.4) is 0 Å². The highest BCUT2D eigenvalue weighted by atomic mass is 16.5. The van der Waals surface area contributed by atoms with Gasteiger partial charge < -0.3 is 9.47 Å². The SMILES string of the molecule is CC(=O)O[C@H]1C=COCC1. The number of hydrogen-bond acceptors (Lipinski definition) is 3. The van der Waals surface area contributed by atoms with Crippen LogP contribution in [0.25, 0.3) is 0 Å². The fraction of sp³-hybridized carbons (Fsp3) is 0.571. The molecule has 0 amide bonds. The van der Waals surface area contributed by atoms with Crippen LogP contribution in [0, 0.1) is 0 Å². The van der Waals surface area contributed by atoms with E-state index in [1.165, 1.54) is 6.92 Å². The number of hydrogen-bond donors (Lipinski definition) is 0. The van der Waals surface area contributed by atoms with Crippen LogP contribution >= 0.6 is 0 Å². The highest BCUT2D eigenvalue weighted by Gasteiger charge is 2.10. The fourth-order valence-electron chi connectivity index (χ4n) is 0.803. The molecule has 0 aromatic rings. The van der Waals surface area contributed by atoms with E-state index >= 15 is 0 Å². The minimum atomic E-state index is -0.239. The average Bonchev–Trinajstić information content (AvgIpc) is 1.88. The number of carbonyl (C=O) groups is 1. The van der Waals surface area contributed by atoms with Gasteiger partial charge in [-0.05, 0) is 6.08 Å². The lowest BCUT2D eigenvalue weighted by molar-refractivity contribution is -0.145. The van der Waals surface area contributed by atoms with E-state index in [9.17, 15) is 4.79 Å². The van der Waals surface area contributed by atoms with Crippen molar-refractivity contribution in [3.8, 4) is 0 Å². The topological polar surface area (TPSA) is 35.5 Å². The second kappa shape index (κ2) is 3.25. The van der Waals surface area contributed by atoms with Crippen LogP contribution in [0.4, 0.5) is 0 Å². The van der Waals surface area contributed by atoms with Gasteiger partial charge in [-0.15, -0.1) is 0 Å². The second-order valence-electron chi connectivity index (χ2n) is 2.14. The van der Waals surface area contributed by atoms with Crippen LogP contribution in [0.1, 0.15) is 13.3 Å². The predicted octanol–water partition coefficient (Wildman–Crippen LogP) is 0.852. The molecule has 0 saturated carbocycles. The third kappa shape index (κ3) is 2.09. The van der Waals surface area contributed by atoms with Crippen molar-refractivity contribution in [1.82, 2.24) is 0 Å². The van der Waals surface area contributed by atoms with Crippen molar-refractivity contribution < 1.29 is 14.3 Å². The standard InChI is InChI=1S/C7H10O3/c1-6(8)10-7-2-4-9-5-3-7/h2,4,7H,3,5H2,1H3/t7-/m0/s1. The Morgan fingerprint density at radius 2 is 2.60 bits per heavy atom. The van der Waals surface area contributed by atoms with Crippen molar-refractivity contribution in [1.29, 1.82) is 0 Å². The molecule has 0 fully saturated rings. The van der Waals surface area contributed by atoms with E-state index in [0.717, 1.165) is 6.42 Å². The monoisotopic (exact) mass is 142 g/mol. The Morgan fingerprint density at radius 1 is 1.80 bits per heavy atom. The third-order valence-electron chi connectivity index (χ3n) is 1.23. The summed E-state index contributed by atoms with van der Waals surface area (Å²) in [6.07, 6.45) is 3.99. The van der Waals surface area contributed by atoms with Crippen molar-refractivity contribution in [2.24, 2.45) is 0 Å². The first kappa shape index (κ1) is 7.12. The maximum atomic E-state index is 10.4. The smallest absolute Gasteiger partial charge is 0.303 e. The van der Waals surface area contributed by atoms with Crippen molar-refractivity contribution >= 4 is 5.97 Å². The molecule has 1 aliphatic heterocycles. The number of ether oxygens (including phenoxy) is 2. The molecule has 1 heterocycles. The Balaban J connectivity index is 2.33. The van der Waals surface area contributed by atoms with Gasteiger partial charge in [-0.25, -0.2) is 0 Å². The Hall–Kier alpha value is -0.990. The first-order chi connectivity index (χ1) is 4.79. The van der Waals surface area contributed by atoms with Crippen molar-refractivity contribution in [3.05, 3.63) is 12.3 Å². The van der Waals surface area contributed by atoms with Gasteiger partial charge in [0.05, 0.1) is 12.9 Å². The van der Waals surface area contributed by atoms with Crippen LogP contribution in [0.15, 0.2) is 12.3 Å². The summed E-state index contributed by atoms with van der Waals surface area (Å²) in [5.41, 5.74) is 0. The molecule has 0 unspecified atom stereocenters. The van der Waals surface area contributed by atoms with Gasteiger partial charge in [0.1, 0.15) is 6.10 Å². The molecule has 10 heavy (non-hydrogen) atoms. The molecule has 0 saturated heterocycles. The van der Waals surface area contributed by atoms with Gasteiger partial charge in [0, 0.05) is 13.3 Å². The normalized spacial score (nSPS) is 23.5. The Labute approximate surface area is 59.6 Å². The fourth-order valence-corrected chi connectivity index (χ4v) is 0.803. The maximum Gasteiger partial charge on any atom is 0.303 e. The molecule has 3 nitrogen and oxygen atoms in total. The zero-order valence-corrected chi connectivity index (χ0v) is 5.87. The van der Waals surface area contributed by atoms with E-state index in [4.69, 9.17) is 9.47 Å². The maximum absolute atomic E-state index is 10.4. The Bertz CT molecular complexity index is 151.